The number of hydrogen-bond acceptors (Lipinski definition) is 4. The van der Waals surface area contributed by atoms with Crippen LogP contribution in [0.25, 0.3) is 10.9 Å². The summed E-state index contributed by atoms with van der Waals surface area (Å²) in [5, 5.41) is 0.942. The Kier molecular flexibility index (Phi) is 5.17. The lowest BCUT2D eigenvalue weighted by Gasteiger charge is -2.22. The second-order valence-electron chi connectivity index (χ2n) is 6.54. The lowest BCUT2D eigenvalue weighted by atomic mass is 9.90. The standard InChI is InChI=1S/C20H13Cl4NO3/c1-2-28-9-4-6-10-8(7-9)3-5-11(25-10)12-19(26)13-14(20(12)27)16(22)18(24)17(23)15(13)21/h3-7,12-14H,2H2,1H3. The molecule has 28 heavy (non-hydrogen) atoms. The van der Waals surface area contributed by atoms with E-state index in [1.165, 1.54) is 0 Å². The molecule has 1 aromatic carbocycles. The number of fused-ring (bicyclic) bond motifs is 2. The summed E-state index contributed by atoms with van der Waals surface area (Å²) in [4.78, 5) is 30.6. The maximum absolute atomic E-state index is 13.1. The average Bonchev–Trinajstić information content (AvgIpc) is 2.95. The van der Waals surface area contributed by atoms with Crippen molar-refractivity contribution in [1.29, 1.82) is 0 Å². The van der Waals surface area contributed by atoms with E-state index in [4.69, 9.17) is 51.1 Å². The van der Waals surface area contributed by atoms with E-state index in [1.54, 1.807) is 24.3 Å². The quantitative estimate of drug-likeness (QED) is 0.572. The van der Waals surface area contributed by atoms with Gasteiger partial charge in [0.15, 0.2) is 11.6 Å². The summed E-state index contributed by atoms with van der Waals surface area (Å²) < 4.78 is 5.49. The van der Waals surface area contributed by atoms with Gasteiger partial charge < -0.3 is 4.74 Å². The molecule has 0 bridgehead atoms. The number of nitrogens with zero attached hydrogens (tertiary/aromatic N) is 1. The number of aromatic nitrogens is 1. The van der Waals surface area contributed by atoms with Crippen LogP contribution in [0.3, 0.4) is 0 Å². The number of rotatable bonds is 3. The monoisotopic (exact) mass is 455 g/mol. The van der Waals surface area contributed by atoms with E-state index in [2.05, 4.69) is 4.98 Å². The van der Waals surface area contributed by atoms with Gasteiger partial charge in [-0.1, -0.05) is 52.5 Å². The predicted octanol–water partition coefficient (Wildman–Crippen LogP) is 5.49. The molecule has 0 spiro atoms. The van der Waals surface area contributed by atoms with Crippen LogP contribution < -0.4 is 4.74 Å². The summed E-state index contributed by atoms with van der Waals surface area (Å²) in [5.41, 5.74) is 0.998. The minimum absolute atomic E-state index is 0.00584. The average molecular weight is 457 g/mol. The second-order valence-corrected chi connectivity index (χ2v) is 8.11. The van der Waals surface area contributed by atoms with Gasteiger partial charge in [-0.25, -0.2) is 0 Å². The van der Waals surface area contributed by atoms with Gasteiger partial charge in [-0.3, -0.25) is 14.6 Å². The second kappa shape index (κ2) is 7.34. The van der Waals surface area contributed by atoms with Gasteiger partial charge in [0.1, 0.15) is 11.7 Å². The number of hydrogen-bond donors (Lipinski definition) is 0. The molecule has 0 amide bonds. The molecule has 0 saturated heterocycles. The van der Waals surface area contributed by atoms with Crippen LogP contribution in [0.2, 0.25) is 0 Å². The Morgan fingerprint density at radius 1 is 0.929 bits per heavy atom. The van der Waals surface area contributed by atoms with Crippen molar-refractivity contribution in [2.75, 3.05) is 6.61 Å². The zero-order valence-corrected chi connectivity index (χ0v) is 17.5. The van der Waals surface area contributed by atoms with Crippen molar-refractivity contribution in [3.05, 3.63) is 56.2 Å². The van der Waals surface area contributed by atoms with E-state index in [0.29, 0.717) is 17.8 Å². The molecule has 1 aromatic heterocycles. The van der Waals surface area contributed by atoms with Crippen LogP contribution in [-0.4, -0.2) is 23.2 Å². The van der Waals surface area contributed by atoms with Crippen LogP contribution in [0, 0.1) is 11.8 Å². The maximum Gasteiger partial charge on any atom is 0.158 e. The van der Waals surface area contributed by atoms with Crippen molar-refractivity contribution in [2.45, 2.75) is 12.8 Å². The number of Topliss-reactive ketones (excluding diaryl/α,β-unsaturated/α-hetero) is 2. The number of pyridine rings is 1. The van der Waals surface area contributed by atoms with Crippen molar-refractivity contribution < 1.29 is 14.3 Å². The van der Waals surface area contributed by atoms with Crippen LogP contribution in [0.15, 0.2) is 50.5 Å². The summed E-state index contributed by atoms with van der Waals surface area (Å²) in [5.74, 6) is -2.96. The van der Waals surface area contributed by atoms with E-state index in [0.717, 1.165) is 11.1 Å². The summed E-state index contributed by atoms with van der Waals surface area (Å²) in [6.45, 7) is 2.46. The molecule has 144 valence electrons. The van der Waals surface area contributed by atoms with Gasteiger partial charge in [-0.15, -0.1) is 0 Å². The van der Waals surface area contributed by atoms with Gasteiger partial charge in [0.2, 0.25) is 0 Å². The fraction of sp³-hybridized carbons (Fsp3) is 0.250. The molecule has 1 heterocycles. The molecule has 2 unspecified atom stereocenters. The summed E-state index contributed by atoms with van der Waals surface area (Å²) in [6.07, 6.45) is 0. The molecule has 2 aromatic rings. The fourth-order valence-electron chi connectivity index (χ4n) is 3.68. The van der Waals surface area contributed by atoms with Crippen LogP contribution in [-0.2, 0) is 9.59 Å². The Hall–Kier alpha value is -1.59. The third kappa shape index (κ3) is 2.94. The Morgan fingerprint density at radius 2 is 1.54 bits per heavy atom. The lowest BCUT2D eigenvalue weighted by molar-refractivity contribution is -0.124. The first-order chi connectivity index (χ1) is 13.3. The maximum atomic E-state index is 13.1. The van der Waals surface area contributed by atoms with Gasteiger partial charge >= 0.3 is 0 Å². The van der Waals surface area contributed by atoms with Crippen LogP contribution in [0.5, 0.6) is 5.75 Å². The molecule has 4 nitrogen and oxygen atoms in total. The molecule has 4 rings (SSSR count). The smallest absolute Gasteiger partial charge is 0.158 e. The number of halogens is 4. The molecule has 8 heteroatoms. The highest BCUT2D eigenvalue weighted by molar-refractivity contribution is 6.53. The van der Waals surface area contributed by atoms with Crippen molar-refractivity contribution >= 4 is 68.9 Å². The van der Waals surface area contributed by atoms with E-state index in [-0.39, 0.29) is 31.7 Å². The van der Waals surface area contributed by atoms with Crippen molar-refractivity contribution in [3.8, 4) is 5.75 Å². The minimum atomic E-state index is -1.07. The zero-order valence-electron chi connectivity index (χ0n) is 14.5. The molecular weight excluding hydrogens is 444 g/mol. The number of allylic oxidation sites excluding steroid dienone is 4. The van der Waals surface area contributed by atoms with Crippen molar-refractivity contribution in [3.63, 3.8) is 0 Å². The Bertz CT molecular complexity index is 1050. The molecule has 2 atom stereocenters. The molecule has 0 N–H and O–H groups in total. The summed E-state index contributed by atoms with van der Waals surface area (Å²) in [7, 11) is 0. The van der Waals surface area contributed by atoms with Crippen LogP contribution in [0.4, 0.5) is 0 Å². The minimum Gasteiger partial charge on any atom is -0.494 e. The van der Waals surface area contributed by atoms with Crippen LogP contribution in [0.1, 0.15) is 18.5 Å². The molecule has 1 fully saturated rings. The van der Waals surface area contributed by atoms with E-state index < -0.39 is 17.8 Å². The SMILES string of the molecule is CCOc1ccc2nc(C3C(=O)C4C(Cl)=C(Cl)C(Cl)=C(Cl)C4C3=O)ccc2c1. The molecular formula is C20H13Cl4NO3. The van der Waals surface area contributed by atoms with Crippen LogP contribution >= 0.6 is 46.4 Å². The molecule has 0 radical (unpaired) electrons. The van der Waals surface area contributed by atoms with Gasteiger partial charge in [0.05, 0.1) is 39.7 Å². The normalized spacial score (nSPS) is 25.0. The Balaban J connectivity index is 1.77. The zero-order chi connectivity index (χ0) is 20.2. The highest BCUT2D eigenvalue weighted by atomic mass is 35.5. The number of carbonyl (C=O) groups is 2. The predicted molar refractivity (Wildman–Crippen MR) is 110 cm³/mol. The molecule has 0 aliphatic heterocycles. The van der Waals surface area contributed by atoms with Gasteiger partial charge in [0, 0.05) is 15.5 Å². The number of carbonyl (C=O) groups excluding carboxylic acids is 2. The molecule has 2 aliphatic carbocycles. The Morgan fingerprint density at radius 3 is 2.11 bits per heavy atom. The Labute approximate surface area is 181 Å². The lowest BCUT2D eigenvalue weighted by Crippen LogP contribution is -2.23. The van der Waals surface area contributed by atoms with Gasteiger partial charge in [-0.2, -0.15) is 0 Å². The fourth-order valence-corrected chi connectivity index (χ4v) is 4.87. The first kappa shape index (κ1) is 19.7. The third-order valence-corrected chi connectivity index (χ3v) is 6.89. The van der Waals surface area contributed by atoms with E-state index >= 15 is 0 Å². The number of ether oxygens (including phenoxy) is 1. The highest BCUT2D eigenvalue weighted by Crippen LogP contribution is 2.52. The van der Waals surface area contributed by atoms with Gasteiger partial charge in [-0.05, 0) is 31.2 Å². The first-order valence-corrected chi connectivity index (χ1v) is 10.1. The third-order valence-electron chi connectivity index (χ3n) is 4.96. The number of benzene rings is 1. The van der Waals surface area contributed by atoms with E-state index in [1.807, 2.05) is 13.0 Å². The largest absolute Gasteiger partial charge is 0.494 e. The topological polar surface area (TPSA) is 56.3 Å². The summed E-state index contributed by atoms with van der Waals surface area (Å²) >= 11 is 24.7. The summed E-state index contributed by atoms with van der Waals surface area (Å²) in [6, 6.07) is 8.89. The van der Waals surface area contributed by atoms with Crippen molar-refractivity contribution in [2.24, 2.45) is 11.8 Å². The van der Waals surface area contributed by atoms with Crippen molar-refractivity contribution in [1.82, 2.24) is 4.98 Å². The highest BCUT2D eigenvalue weighted by Gasteiger charge is 2.55. The first-order valence-electron chi connectivity index (χ1n) is 8.56. The number of ketones is 2. The molecule has 2 aliphatic rings. The molecule has 1 saturated carbocycles. The van der Waals surface area contributed by atoms with E-state index in [9.17, 15) is 9.59 Å². The van der Waals surface area contributed by atoms with Gasteiger partial charge in [0.25, 0.3) is 0 Å².